The quantitative estimate of drug-likeness (QED) is 0.503. The average molecular weight is 241 g/mol. The maximum Gasteiger partial charge on any atom is 0.295 e. The van der Waals surface area contributed by atoms with E-state index in [4.69, 9.17) is 0 Å². The minimum absolute atomic E-state index is 0.0190. The molecule has 18 heavy (non-hydrogen) atoms. The molecule has 1 aromatic carbocycles. The summed E-state index contributed by atoms with van der Waals surface area (Å²) in [4.78, 5) is 18.4. The number of nitro groups is 1. The first kappa shape index (κ1) is 10.3. The summed E-state index contributed by atoms with van der Waals surface area (Å²) in [6.07, 6.45) is 4.47. The summed E-state index contributed by atoms with van der Waals surface area (Å²) in [6, 6.07) is 6.56. The molecule has 0 N–H and O–H groups in total. The number of pyridine rings is 1. The lowest BCUT2D eigenvalue weighted by Crippen LogP contribution is -1.98. The maximum atomic E-state index is 10.9. The highest BCUT2D eigenvalue weighted by atomic mass is 16.6. The number of nitro benzene ring substituents is 1. The van der Waals surface area contributed by atoms with E-state index in [1.165, 1.54) is 24.9 Å². The van der Waals surface area contributed by atoms with Crippen molar-refractivity contribution in [2.45, 2.75) is 0 Å². The smallest absolute Gasteiger partial charge is 0.258 e. The van der Waals surface area contributed by atoms with Gasteiger partial charge in [0.25, 0.3) is 5.69 Å². The molecule has 0 radical (unpaired) electrons. The first-order valence-electron chi connectivity index (χ1n) is 5.14. The zero-order valence-corrected chi connectivity index (χ0v) is 9.09. The molecule has 2 aromatic heterocycles. The molecular weight excluding hydrogens is 234 g/mol. The van der Waals surface area contributed by atoms with Crippen LogP contribution in [0.15, 0.2) is 43.1 Å². The third-order valence-electron chi connectivity index (χ3n) is 2.59. The molecule has 0 aliphatic rings. The maximum absolute atomic E-state index is 10.9. The van der Waals surface area contributed by atoms with Crippen LogP contribution in [-0.2, 0) is 0 Å². The number of hydrogen-bond acceptors (Lipinski definition) is 5. The molecule has 0 bridgehead atoms. The Kier molecular flexibility index (Phi) is 2.23. The molecule has 0 aliphatic carbocycles. The number of benzene rings is 1. The van der Waals surface area contributed by atoms with Crippen molar-refractivity contribution < 1.29 is 4.92 Å². The van der Waals surface area contributed by atoms with E-state index in [1.54, 1.807) is 22.9 Å². The Balaban J connectivity index is 2.37. The molecule has 0 unspecified atom stereocenters. The second kappa shape index (κ2) is 3.88. The summed E-state index contributed by atoms with van der Waals surface area (Å²) in [7, 11) is 0. The summed E-state index contributed by atoms with van der Waals surface area (Å²) in [6.45, 7) is 0. The van der Waals surface area contributed by atoms with Gasteiger partial charge in [-0.05, 0) is 18.2 Å². The van der Waals surface area contributed by atoms with Gasteiger partial charge in [-0.25, -0.2) is 14.6 Å². The molecule has 2 heterocycles. The predicted octanol–water partition coefficient (Wildman–Crippen LogP) is 1.72. The van der Waals surface area contributed by atoms with E-state index in [-0.39, 0.29) is 5.69 Å². The molecule has 0 saturated carbocycles. The highest BCUT2D eigenvalue weighted by Gasteiger charge is 2.16. The lowest BCUT2D eigenvalue weighted by molar-refractivity contribution is -0.383. The first-order chi connectivity index (χ1) is 8.77. The van der Waals surface area contributed by atoms with Gasteiger partial charge in [-0.3, -0.25) is 10.1 Å². The Morgan fingerprint density at radius 3 is 2.89 bits per heavy atom. The number of non-ortho nitro benzene ring substituents is 1. The highest BCUT2D eigenvalue weighted by molar-refractivity contribution is 5.93. The van der Waals surface area contributed by atoms with Crippen LogP contribution in [0.5, 0.6) is 0 Å². The van der Waals surface area contributed by atoms with Crippen LogP contribution >= 0.6 is 0 Å². The van der Waals surface area contributed by atoms with Crippen LogP contribution in [0.3, 0.4) is 0 Å². The average Bonchev–Trinajstić information content (AvgIpc) is 2.91. The largest absolute Gasteiger partial charge is 0.295 e. The summed E-state index contributed by atoms with van der Waals surface area (Å²) in [5.74, 6) is 0. The van der Waals surface area contributed by atoms with E-state index in [0.717, 1.165) is 0 Å². The van der Waals surface area contributed by atoms with Gasteiger partial charge < -0.3 is 0 Å². The van der Waals surface area contributed by atoms with E-state index in [9.17, 15) is 10.1 Å². The molecule has 0 amide bonds. The van der Waals surface area contributed by atoms with Crippen molar-refractivity contribution in [1.82, 2.24) is 19.7 Å². The zero-order valence-electron chi connectivity index (χ0n) is 9.09. The molecule has 0 aliphatic heterocycles. The van der Waals surface area contributed by atoms with Crippen molar-refractivity contribution >= 4 is 16.6 Å². The van der Waals surface area contributed by atoms with Crippen LogP contribution in [0.1, 0.15) is 0 Å². The van der Waals surface area contributed by atoms with Crippen LogP contribution < -0.4 is 0 Å². The van der Waals surface area contributed by atoms with E-state index in [2.05, 4.69) is 15.1 Å². The Morgan fingerprint density at radius 2 is 2.17 bits per heavy atom. The zero-order chi connectivity index (χ0) is 12.5. The van der Waals surface area contributed by atoms with Gasteiger partial charge in [-0.1, -0.05) is 0 Å². The lowest BCUT2D eigenvalue weighted by Gasteiger charge is -2.05. The van der Waals surface area contributed by atoms with E-state index < -0.39 is 4.92 Å². The fraction of sp³-hybridized carbons (Fsp3) is 0. The number of fused-ring (bicyclic) bond motifs is 1. The van der Waals surface area contributed by atoms with Crippen LogP contribution in [0.25, 0.3) is 16.6 Å². The fourth-order valence-corrected chi connectivity index (χ4v) is 1.82. The van der Waals surface area contributed by atoms with Crippen molar-refractivity contribution in [3.05, 3.63) is 53.2 Å². The van der Waals surface area contributed by atoms with Gasteiger partial charge in [-0.15, -0.1) is 0 Å². The fourth-order valence-electron chi connectivity index (χ4n) is 1.82. The molecule has 7 heteroatoms. The normalized spacial score (nSPS) is 10.7. The molecule has 3 aromatic rings. The first-order valence-corrected chi connectivity index (χ1v) is 5.14. The number of hydrogen-bond donors (Lipinski definition) is 0. The monoisotopic (exact) mass is 241 g/mol. The second-order valence-electron chi connectivity index (χ2n) is 3.60. The van der Waals surface area contributed by atoms with Crippen LogP contribution in [0, 0.1) is 10.1 Å². The van der Waals surface area contributed by atoms with Crippen LogP contribution in [0.2, 0.25) is 0 Å². The molecule has 7 nitrogen and oxygen atoms in total. The van der Waals surface area contributed by atoms with Crippen LogP contribution in [0.4, 0.5) is 5.69 Å². The van der Waals surface area contributed by atoms with Crippen molar-refractivity contribution in [2.24, 2.45) is 0 Å². The van der Waals surface area contributed by atoms with Crippen molar-refractivity contribution in [3.63, 3.8) is 0 Å². The van der Waals surface area contributed by atoms with Gasteiger partial charge in [-0.2, -0.15) is 5.10 Å². The standard InChI is InChI=1S/C11H7N5O2/c17-16(18)10-4-3-9(15-7-12-6-14-15)8-2-1-5-13-11(8)10/h1-7H. The third-order valence-corrected chi connectivity index (χ3v) is 2.59. The Labute approximate surface area is 101 Å². The lowest BCUT2D eigenvalue weighted by atomic mass is 10.1. The van der Waals surface area contributed by atoms with E-state index >= 15 is 0 Å². The SMILES string of the molecule is O=[N+]([O-])c1ccc(-n2cncn2)c2cccnc12. The second-order valence-corrected chi connectivity index (χ2v) is 3.60. The van der Waals surface area contributed by atoms with Gasteiger partial charge >= 0.3 is 0 Å². The van der Waals surface area contributed by atoms with Gasteiger partial charge in [0.1, 0.15) is 18.2 Å². The highest BCUT2D eigenvalue weighted by Crippen LogP contribution is 2.27. The van der Waals surface area contributed by atoms with Crippen molar-refractivity contribution in [2.75, 3.05) is 0 Å². The number of rotatable bonds is 2. The molecule has 0 atom stereocenters. The predicted molar refractivity (Wildman–Crippen MR) is 63.3 cm³/mol. The summed E-state index contributed by atoms with van der Waals surface area (Å²) < 4.78 is 1.55. The minimum Gasteiger partial charge on any atom is -0.258 e. The summed E-state index contributed by atoms with van der Waals surface area (Å²) >= 11 is 0. The molecule has 88 valence electrons. The summed E-state index contributed by atoms with van der Waals surface area (Å²) in [5.41, 5.74) is 1.03. The van der Waals surface area contributed by atoms with Gasteiger partial charge in [0.15, 0.2) is 0 Å². The van der Waals surface area contributed by atoms with Gasteiger partial charge in [0, 0.05) is 17.6 Å². The van der Waals surface area contributed by atoms with Crippen LogP contribution in [-0.4, -0.2) is 24.7 Å². The molecule has 0 saturated heterocycles. The third kappa shape index (κ3) is 1.49. The van der Waals surface area contributed by atoms with Gasteiger partial charge in [0.05, 0.1) is 10.6 Å². The Bertz CT molecular complexity index is 723. The van der Waals surface area contributed by atoms with Crippen molar-refractivity contribution in [1.29, 1.82) is 0 Å². The number of nitrogens with zero attached hydrogens (tertiary/aromatic N) is 5. The van der Waals surface area contributed by atoms with Crippen molar-refractivity contribution in [3.8, 4) is 5.69 Å². The number of aromatic nitrogens is 4. The molecule has 0 spiro atoms. The Morgan fingerprint density at radius 1 is 1.28 bits per heavy atom. The molecule has 3 rings (SSSR count). The van der Waals surface area contributed by atoms with E-state index in [1.807, 2.05) is 0 Å². The Hall–Kier alpha value is -2.83. The topological polar surface area (TPSA) is 86.7 Å². The minimum atomic E-state index is -0.444. The van der Waals surface area contributed by atoms with E-state index in [0.29, 0.717) is 16.6 Å². The molecule has 0 fully saturated rings. The van der Waals surface area contributed by atoms with Gasteiger partial charge in [0.2, 0.25) is 0 Å². The molecular formula is C11H7N5O2. The summed E-state index contributed by atoms with van der Waals surface area (Å²) in [5, 5.41) is 15.6.